The van der Waals surface area contributed by atoms with Crippen LogP contribution in [0, 0.1) is 6.57 Å². The summed E-state index contributed by atoms with van der Waals surface area (Å²) in [5.74, 6) is 0. The summed E-state index contributed by atoms with van der Waals surface area (Å²) in [6.45, 7) is 6.79. The molecule has 74 valence electrons. The van der Waals surface area contributed by atoms with Gasteiger partial charge in [-0.2, -0.15) is 0 Å². The van der Waals surface area contributed by atoms with Crippen LogP contribution in [0.5, 0.6) is 0 Å². The van der Waals surface area contributed by atoms with Crippen LogP contribution in [-0.2, 0) is 10.0 Å². The lowest BCUT2D eigenvalue weighted by molar-refractivity contribution is 0.600. The van der Waals surface area contributed by atoms with E-state index in [0.717, 1.165) is 10.6 Å². The molecule has 5 heteroatoms. The van der Waals surface area contributed by atoms with Gasteiger partial charge in [-0.05, 0) is 12.1 Å². The van der Waals surface area contributed by atoms with E-state index >= 15 is 0 Å². The standard InChI is InChI=1S/C9H10N2O2S/c1-10-8-5-4-6-9(7-8)11(2)14(3,12)13/h4-7H,2-3H3. The molecular weight excluding hydrogens is 200 g/mol. The van der Waals surface area contributed by atoms with Crippen LogP contribution in [0.25, 0.3) is 4.85 Å². The molecule has 0 aromatic heterocycles. The Morgan fingerprint density at radius 1 is 1.43 bits per heavy atom. The number of benzene rings is 1. The zero-order valence-corrected chi connectivity index (χ0v) is 8.75. The van der Waals surface area contributed by atoms with E-state index < -0.39 is 10.0 Å². The first-order valence-electron chi connectivity index (χ1n) is 3.86. The van der Waals surface area contributed by atoms with E-state index in [1.807, 2.05) is 0 Å². The van der Waals surface area contributed by atoms with Crippen molar-refractivity contribution in [3.05, 3.63) is 35.7 Å². The monoisotopic (exact) mass is 210 g/mol. The first kappa shape index (κ1) is 10.5. The summed E-state index contributed by atoms with van der Waals surface area (Å²) in [5.41, 5.74) is 0.930. The van der Waals surface area contributed by atoms with Crippen molar-refractivity contribution in [2.24, 2.45) is 0 Å². The summed E-state index contributed by atoms with van der Waals surface area (Å²) in [5, 5.41) is 0. The molecule has 0 aliphatic rings. The summed E-state index contributed by atoms with van der Waals surface area (Å²) in [6.07, 6.45) is 1.12. The van der Waals surface area contributed by atoms with Gasteiger partial charge in [-0.1, -0.05) is 12.1 Å². The van der Waals surface area contributed by atoms with Crippen LogP contribution in [0.3, 0.4) is 0 Å². The molecule has 0 aliphatic heterocycles. The molecule has 0 amide bonds. The zero-order chi connectivity index (χ0) is 10.8. The van der Waals surface area contributed by atoms with Crippen LogP contribution >= 0.6 is 0 Å². The molecule has 0 radical (unpaired) electrons. The third-order valence-electron chi connectivity index (χ3n) is 1.82. The molecule has 1 rings (SSSR count). The molecule has 0 unspecified atom stereocenters. The van der Waals surface area contributed by atoms with Gasteiger partial charge in [0, 0.05) is 12.7 Å². The molecule has 0 saturated heterocycles. The third-order valence-corrected chi connectivity index (χ3v) is 3.03. The van der Waals surface area contributed by atoms with E-state index in [0.29, 0.717) is 11.4 Å². The highest BCUT2D eigenvalue weighted by Crippen LogP contribution is 2.21. The Balaban J connectivity index is 3.16. The van der Waals surface area contributed by atoms with Gasteiger partial charge in [0.15, 0.2) is 5.69 Å². The molecule has 14 heavy (non-hydrogen) atoms. The normalized spacial score (nSPS) is 10.6. The lowest BCUT2D eigenvalue weighted by Crippen LogP contribution is -2.24. The molecule has 0 saturated carbocycles. The van der Waals surface area contributed by atoms with Gasteiger partial charge in [-0.25, -0.2) is 13.3 Å². The van der Waals surface area contributed by atoms with Crippen molar-refractivity contribution >= 4 is 21.4 Å². The van der Waals surface area contributed by atoms with Gasteiger partial charge in [-0.3, -0.25) is 4.31 Å². The third kappa shape index (κ3) is 2.24. The van der Waals surface area contributed by atoms with Gasteiger partial charge in [0.25, 0.3) is 0 Å². The molecule has 0 atom stereocenters. The Kier molecular flexibility index (Phi) is 2.77. The number of nitrogens with zero attached hydrogens (tertiary/aromatic N) is 2. The highest BCUT2D eigenvalue weighted by Gasteiger charge is 2.11. The Morgan fingerprint density at radius 2 is 2.07 bits per heavy atom. The average molecular weight is 210 g/mol. The van der Waals surface area contributed by atoms with Crippen molar-refractivity contribution in [2.45, 2.75) is 0 Å². The van der Waals surface area contributed by atoms with Crippen LogP contribution < -0.4 is 4.31 Å². The highest BCUT2D eigenvalue weighted by molar-refractivity contribution is 7.92. The van der Waals surface area contributed by atoms with Crippen LogP contribution in [0.1, 0.15) is 0 Å². The van der Waals surface area contributed by atoms with E-state index in [1.165, 1.54) is 13.1 Å². The molecule has 0 aliphatic carbocycles. The lowest BCUT2D eigenvalue weighted by Gasteiger charge is -2.16. The molecule has 4 nitrogen and oxygen atoms in total. The molecule has 0 heterocycles. The maximum absolute atomic E-state index is 11.2. The largest absolute Gasteiger partial charge is 0.275 e. The van der Waals surface area contributed by atoms with Crippen molar-refractivity contribution in [3.63, 3.8) is 0 Å². The number of sulfonamides is 1. The van der Waals surface area contributed by atoms with E-state index in [2.05, 4.69) is 4.85 Å². The second kappa shape index (κ2) is 3.68. The molecule has 1 aromatic carbocycles. The van der Waals surface area contributed by atoms with Crippen molar-refractivity contribution < 1.29 is 8.42 Å². The first-order valence-corrected chi connectivity index (χ1v) is 5.71. The van der Waals surface area contributed by atoms with Gasteiger partial charge in [0.05, 0.1) is 12.8 Å². The van der Waals surface area contributed by atoms with Crippen molar-refractivity contribution in [1.29, 1.82) is 0 Å². The van der Waals surface area contributed by atoms with E-state index in [1.54, 1.807) is 18.2 Å². The second-order valence-electron chi connectivity index (χ2n) is 2.86. The van der Waals surface area contributed by atoms with Crippen LogP contribution in [0.15, 0.2) is 24.3 Å². The summed E-state index contributed by atoms with van der Waals surface area (Å²) in [6, 6.07) is 6.47. The summed E-state index contributed by atoms with van der Waals surface area (Å²) < 4.78 is 23.5. The summed E-state index contributed by atoms with van der Waals surface area (Å²) in [7, 11) is -1.79. The fourth-order valence-electron chi connectivity index (χ4n) is 0.950. The van der Waals surface area contributed by atoms with E-state index in [-0.39, 0.29) is 0 Å². The van der Waals surface area contributed by atoms with Gasteiger partial charge < -0.3 is 0 Å². The minimum Gasteiger partial charge on any atom is -0.275 e. The van der Waals surface area contributed by atoms with Gasteiger partial charge in [-0.15, -0.1) is 0 Å². The number of hydrogen-bond acceptors (Lipinski definition) is 2. The summed E-state index contributed by atoms with van der Waals surface area (Å²) >= 11 is 0. The van der Waals surface area contributed by atoms with Crippen LogP contribution in [0.4, 0.5) is 11.4 Å². The maximum atomic E-state index is 11.2. The van der Waals surface area contributed by atoms with Gasteiger partial charge in [0.1, 0.15) is 0 Å². The maximum Gasteiger partial charge on any atom is 0.231 e. The minimum absolute atomic E-state index is 0.429. The topological polar surface area (TPSA) is 41.7 Å². The smallest absolute Gasteiger partial charge is 0.231 e. The van der Waals surface area contributed by atoms with E-state index in [4.69, 9.17) is 6.57 Å². The predicted octanol–water partition coefficient (Wildman–Crippen LogP) is 1.63. The Hall–Kier alpha value is -1.54. The lowest BCUT2D eigenvalue weighted by atomic mass is 10.3. The number of anilines is 1. The predicted molar refractivity (Wildman–Crippen MR) is 56.0 cm³/mol. The Bertz CT molecular complexity index is 474. The zero-order valence-electron chi connectivity index (χ0n) is 7.93. The van der Waals surface area contributed by atoms with Gasteiger partial charge >= 0.3 is 0 Å². The first-order chi connectivity index (χ1) is 6.45. The Labute approximate surface area is 83.6 Å². The fourth-order valence-corrected chi connectivity index (χ4v) is 1.45. The van der Waals surface area contributed by atoms with Crippen molar-refractivity contribution in [3.8, 4) is 0 Å². The molecule has 0 N–H and O–H groups in total. The molecule has 0 spiro atoms. The molecule has 0 bridgehead atoms. The van der Waals surface area contributed by atoms with Gasteiger partial charge in [0.2, 0.25) is 10.0 Å². The quantitative estimate of drug-likeness (QED) is 0.696. The fraction of sp³-hybridized carbons (Fsp3) is 0.222. The van der Waals surface area contributed by atoms with Crippen LogP contribution in [0.2, 0.25) is 0 Å². The van der Waals surface area contributed by atoms with E-state index in [9.17, 15) is 8.42 Å². The molecule has 0 fully saturated rings. The molecular formula is C9H10N2O2S. The van der Waals surface area contributed by atoms with Crippen molar-refractivity contribution in [2.75, 3.05) is 17.6 Å². The Morgan fingerprint density at radius 3 is 2.57 bits per heavy atom. The second-order valence-corrected chi connectivity index (χ2v) is 4.88. The average Bonchev–Trinajstić information content (AvgIpc) is 2.15. The van der Waals surface area contributed by atoms with Crippen molar-refractivity contribution in [1.82, 2.24) is 0 Å². The summed E-state index contributed by atoms with van der Waals surface area (Å²) in [4.78, 5) is 3.22. The number of hydrogen-bond donors (Lipinski definition) is 0. The number of rotatable bonds is 2. The molecule has 1 aromatic rings. The SMILES string of the molecule is [C-]#[N+]c1cccc(N(C)S(C)(=O)=O)c1. The van der Waals surface area contributed by atoms with Crippen LogP contribution in [-0.4, -0.2) is 21.7 Å². The highest BCUT2D eigenvalue weighted by atomic mass is 32.2. The minimum atomic E-state index is -3.25.